The largest absolute Gasteiger partial charge is 0.330 e. The Morgan fingerprint density at radius 3 is 2.00 bits per heavy atom. The monoisotopic (exact) mass is 206 g/mol. The van der Waals surface area contributed by atoms with Crippen LogP contribution in [0.15, 0.2) is 12.1 Å². The Hall–Kier alpha value is -0.860. The van der Waals surface area contributed by atoms with E-state index in [1.165, 1.54) is 22.3 Å². The molecule has 0 aromatic heterocycles. The Morgan fingerprint density at radius 2 is 1.60 bits per heavy atom. The van der Waals surface area contributed by atoms with Gasteiger partial charge in [0.1, 0.15) is 0 Å². The lowest BCUT2D eigenvalue weighted by Crippen LogP contribution is -2.26. The third-order valence-electron chi connectivity index (χ3n) is 3.06. The minimum absolute atomic E-state index is 0.0515. The topological polar surface area (TPSA) is 52.0 Å². The van der Waals surface area contributed by atoms with E-state index in [1.54, 1.807) is 0 Å². The van der Waals surface area contributed by atoms with E-state index in [9.17, 15) is 0 Å². The maximum Gasteiger partial charge on any atom is 0.0338 e. The Balaban J connectivity index is 3.13. The molecule has 0 aliphatic rings. The molecule has 0 fully saturated rings. The summed E-state index contributed by atoms with van der Waals surface area (Å²) in [4.78, 5) is 0. The summed E-state index contributed by atoms with van der Waals surface area (Å²) < 4.78 is 0. The van der Waals surface area contributed by atoms with Crippen LogP contribution in [0.2, 0.25) is 0 Å². The van der Waals surface area contributed by atoms with Gasteiger partial charge in [0.2, 0.25) is 0 Å². The number of hydrogen-bond donors (Lipinski definition) is 2. The minimum Gasteiger partial charge on any atom is -0.330 e. The standard InChI is InChI=1S/C13H22N2/c1-8-5-9(2)12(10(3)6-8)13(15)11(4)7-14/h5-6,11,13H,7,14-15H2,1-4H3. The van der Waals surface area contributed by atoms with Crippen LogP contribution in [0, 0.1) is 26.7 Å². The summed E-state index contributed by atoms with van der Waals surface area (Å²) in [6, 6.07) is 4.42. The second-order valence-electron chi connectivity index (χ2n) is 4.55. The maximum atomic E-state index is 6.22. The van der Waals surface area contributed by atoms with Crippen molar-refractivity contribution < 1.29 is 0 Å². The lowest BCUT2D eigenvalue weighted by Gasteiger charge is -2.23. The first-order valence-electron chi connectivity index (χ1n) is 5.50. The van der Waals surface area contributed by atoms with Gasteiger partial charge in [0.25, 0.3) is 0 Å². The molecule has 4 N–H and O–H groups in total. The summed E-state index contributed by atoms with van der Waals surface area (Å²) in [5.74, 6) is 0.324. The highest BCUT2D eigenvalue weighted by Gasteiger charge is 2.17. The van der Waals surface area contributed by atoms with Crippen molar-refractivity contribution in [3.05, 3.63) is 34.4 Å². The fourth-order valence-electron chi connectivity index (χ4n) is 2.15. The molecule has 0 bridgehead atoms. The Labute approximate surface area is 92.7 Å². The molecule has 2 nitrogen and oxygen atoms in total. The van der Waals surface area contributed by atoms with E-state index in [0.29, 0.717) is 12.5 Å². The van der Waals surface area contributed by atoms with Gasteiger partial charge in [-0.15, -0.1) is 0 Å². The van der Waals surface area contributed by atoms with E-state index >= 15 is 0 Å². The summed E-state index contributed by atoms with van der Waals surface area (Å²) >= 11 is 0. The zero-order chi connectivity index (χ0) is 11.6. The minimum atomic E-state index is 0.0515. The van der Waals surface area contributed by atoms with Crippen LogP contribution in [0.4, 0.5) is 0 Å². The van der Waals surface area contributed by atoms with Gasteiger partial charge in [-0.25, -0.2) is 0 Å². The van der Waals surface area contributed by atoms with E-state index in [4.69, 9.17) is 11.5 Å². The average Bonchev–Trinajstić information content (AvgIpc) is 2.14. The molecule has 84 valence electrons. The van der Waals surface area contributed by atoms with Crippen molar-refractivity contribution in [3.8, 4) is 0 Å². The number of rotatable bonds is 3. The maximum absolute atomic E-state index is 6.22. The molecule has 0 aliphatic heterocycles. The van der Waals surface area contributed by atoms with Gasteiger partial charge in [-0.2, -0.15) is 0 Å². The number of benzene rings is 1. The second kappa shape index (κ2) is 4.77. The fourth-order valence-corrected chi connectivity index (χ4v) is 2.15. The van der Waals surface area contributed by atoms with Crippen LogP contribution in [0.25, 0.3) is 0 Å². The smallest absolute Gasteiger partial charge is 0.0338 e. The molecule has 15 heavy (non-hydrogen) atoms. The highest BCUT2D eigenvalue weighted by molar-refractivity contribution is 5.39. The quantitative estimate of drug-likeness (QED) is 0.796. The van der Waals surface area contributed by atoms with Crippen LogP contribution in [-0.2, 0) is 0 Å². The second-order valence-corrected chi connectivity index (χ2v) is 4.55. The molecule has 1 aromatic carbocycles. The first-order valence-corrected chi connectivity index (χ1v) is 5.50. The summed E-state index contributed by atoms with van der Waals surface area (Å²) in [5, 5.41) is 0. The van der Waals surface area contributed by atoms with Crippen molar-refractivity contribution in [1.29, 1.82) is 0 Å². The lowest BCUT2D eigenvalue weighted by atomic mass is 9.88. The normalized spacial score (nSPS) is 15.1. The summed E-state index contributed by atoms with van der Waals surface area (Å²) in [5.41, 5.74) is 17.0. The summed E-state index contributed by atoms with van der Waals surface area (Å²) in [6.07, 6.45) is 0. The highest BCUT2D eigenvalue weighted by Crippen LogP contribution is 2.26. The molecule has 0 aliphatic carbocycles. The summed E-state index contributed by atoms with van der Waals surface area (Å²) in [7, 11) is 0. The molecule has 2 heteroatoms. The zero-order valence-corrected chi connectivity index (χ0v) is 10.2. The van der Waals surface area contributed by atoms with Crippen LogP contribution in [-0.4, -0.2) is 6.54 Å². The molecule has 0 spiro atoms. The molecular formula is C13H22N2. The van der Waals surface area contributed by atoms with E-state index in [-0.39, 0.29) is 6.04 Å². The number of aryl methyl sites for hydroxylation is 3. The SMILES string of the molecule is Cc1cc(C)c(C(N)C(C)CN)c(C)c1. The third-order valence-corrected chi connectivity index (χ3v) is 3.06. The van der Waals surface area contributed by atoms with Crippen LogP contribution in [0.3, 0.4) is 0 Å². The molecule has 1 rings (SSSR count). The molecular weight excluding hydrogens is 184 g/mol. The lowest BCUT2D eigenvalue weighted by molar-refractivity contribution is 0.477. The van der Waals surface area contributed by atoms with E-state index < -0.39 is 0 Å². The van der Waals surface area contributed by atoms with Gasteiger partial charge in [-0.05, 0) is 49.9 Å². The van der Waals surface area contributed by atoms with Crippen LogP contribution >= 0.6 is 0 Å². The van der Waals surface area contributed by atoms with Gasteiger partial charge in [-0.3, -0.25) is 0 Å². The Morgan fingerprint density at radius 1 is 1.13 bits per heavy atom. The van der Waals surface area contributed by atoms with Crippen molar-refractivity contribution >= 4 is 0 Å². The van der Waals surface area contributed by atoms with Gasteiger partial charge < -0.3 is 11.5 Å². The molecule has 2 atom stereocenters. The predicted octanol–water partition coefficient (Wildman–Crippen LogP) is 2.21. The van der Waals surface area contributed by atoms with Gasteiger partial charge in [0, 0.05) is 6.04 Å². The van der Waals surface area contributed by atoms with Crippen molar-refractivity contribution in [1.82, 2.24) is 0 Å². The summed E-state index contributed by atoms with van der Waals surface area (Å²) in [6.45, 7) is 9.09. The average molecular weight is 206 g/mol. The van der Waals surface area contributed by atoms with Crippen molar-refractivity contribution in [2.45, 2.75) is 33.7 Å². The Kier molecular flexibility index (Phi) is 3.89. The van der Waals surface area contributed by atoms with Crippen molar-refractivity contribution in [3.63, 3.8) is 0 Å². The molecule has 0 saturated heterocycles. The third kappa shape index (κ3) is 2.58. The van der Waals surface area contributed by atoms with Gasteiger partial charge in [0.15, 0.2) is 0 Å². The van der Waals surface area contributed by atoms with Gasteiger partial charge in [0.05, 0.1) is 0 Å². The van der Waals surface area contributed by atoms with E-state index in [0.717, 1.165) is 0 Å². The zero-order valence-electron chi connectivity index (χ0n) is 10.2. The van der Waals surface area contributed by atoms with Crippen molar-refractivity contribution in [2.24, 2.45) is 17.4 Å². The molecule has 0 heterocycles. The predicted molar refractivity (Wildman–Crippen MR) is 65.8 cm³/mol. The van der Waals surface area contributed by atoms with Crippen LogP contribution < -0.4 is 11.5 Å². The van der Waals surface area contributed by atoms with E-state index in [1.807, 2.05) is 0 Å². The molecule has 1 aromatic rings. The number of hydrogen-bond acceptors (Lipinski definition) is 2. The molecule has 0 radical (unpaired) electrons. The van der Waals surface area contributed by atoms with Crippen LogP contribution in [0.5, 0.6) is 0 Å². The molecule has 0 saturated carbocycles. The van der Waals surface area contributed by atoms with Gasteiger partial charge >= 0.3 is 0 Å². The van der Waals surface area contributed by atoms with Crippen molar-refractivity contribution in [2.75, 3.05) is 6.54 Å². The van der Waals surface area contributed by atoms with Crippen LogP contribution in [0.1, 0.15) is 35.2 Å². The fraction of sp³-hybridized carbons (Fsp3) is 0.538. The molecule has 0 amide bonds. The number of nitrogens with two attached hydrogens (primary N) is 2. The first-order chi connectivity index (χ1) is 6.97. The van der Waals surface area contributed by atoms with E-state index in [2.05, 4.69) is 39.8 Å². The molecule has 2 unspecified atom stereocenters. The first kappa shape index (κ1) is 12.2. The highest BCUT2D eigenvalue weighted by atomic mass is 14.7. The Bertz CT molecular complexity index is 321. The van der Waals surface area contributed by atoms with Gasteiger partial charge in [-0.1, -0.05) is 24.6 Å².